The number of ketones is 1. The largest absolute Gasteiger partial charge is 0.393 e. The van der Waals surface area contributed by atoms with Crippen molar-refractivity contribution in [3.63, 3.8) is 0 Å². The van der Waals surface area contributed by atoms with E-state index in [1.165, 1.54) is 12.0 Å². The highest BCUT2D eigenvalue weighted by atomic mass is 35.5. The van der Waals surface area contributed by atoms with Crippen LogP contribution in [0.3, 0.4) is 0 Å². The fourth-order valence-electron chi connectivity index (χ4n) is 7.26. The number of aliphatic hydroxyl groups excluding tert-OH is 1. The third kappa shape index (κ3) is 2.65. The highest BCUT2D eigenvalue weighted by molar-refractivity contribution is 6.53. The maximum absolute atomic E-state index is 12.6. The number of rotatable bonds is 2. The van der Waals surface area contributed by atoms with E-state index in [0.29, 0.717) is 17.8 Å². The molecule has 0 radical (unpaired) electrons. The number of alkyl halides is 2. The maximum atomic E-state index is 12.6. The number of hydrogen-bond donors (Lipinski definition) is 1. The molecule has 4 aliphatic rings. The van der Waals surface area contributed by atoms with Gasteiger partial charge in [0.1, 0.15) is 0 Å². The van der Waals surface area contributed by atoms with Crippen LogP contribution in [0.5, 0.6) is 0 Å². The molecule has 3 saturated carbocycles. The van der Waals surface area contributed by atoms with Crippen molar-refractivity contribution in [2.75, 3.05) is 0 Å². The normalized spacial score (nSPS) is 49.2. The van der Waals surface area contributed by atoms with E-state index in [1.54, 1.807) is 0 Å². The van der Waals surface area contributed by atoms with Gasteiger partial charge in [-0.15, -0.1) is 0 Å². The van der Waals surface area contributed by atoms with Gasteiger partial charge in [0.15, 0.2) is 10.6 Å². The Hall–Kier alpha value is -0.0500. The van der Waals surface area contributed by atoms with Gasteiger partial charge < -0.3 is 5.11 Å². The molecule has 0 aliphatic heterocycles. The number of aliphatic hydroxyl groups is 1. The predicted octanol–water partition coefficient (Wildman–Crippen LogP) is 5.30. The number of allylic oxidation sites excluding steroid dienone is 1. The Balaban J connectivity index is 1.63. The summed E-state index contributed by atoms with van der Waals surface area (Å²) in [6.45, 7) is 4.77. The second-order valence-electron chi connectivity index (χ2n) is 9.53. The van der Waals surface area contributed by atoms with Crippen LogP contribution in [0.2, 0.25) is 0 Å². The zero-order valence-corrected chi connectivity index (χ0v) is 16.8. The van der Waals surface area contributed by atoms with Crippen molar-refractivity contribution in [2.45, 2.75) is 76.2 Å². The topological polar surface area (TPSA) is 37.3 Å². The average molecular weight is 385 g/mol. The number of hydrogen-bond acceptors (Lipinski definition) is 2. The Kier molecular flexibility index (Phi) is 4.57. The molecule has 7 atom stereocenters. The zero-order valence-electron chi connectivity index (χ0n) is 15.3. The second-order valence-corrected chi connectivity index (χ2v) is 10.6. The molecule has 3 fully saturated rings. The van der Waals surface area contributed by atoms with Gasteiger partial charge in [-0.1, -0.05) is 48.7 Å². The number of carbonyl (C=O) groups excluding carboxylic acids is 1. The van der Waals surface area contributed by atoms with Crippen LogP contribution in [0.15, 0.2) is 11.6 Å². The lowest BCUT2D eigenvalue weighted by Crippen LogP contribution is -2.51. The van der Waals surface area contributed by atoms with Crippen LogP contribution in [0.25, 0.3) is 0 Å². The molecule has 1 N–H and O–H groups in total. The van der Waals surface area contributed by atoms with Crippen molar-refractivity contribution >= 4 is 29.0 Å². The van der Waals surface area contributed by atoms with Crippen LogP contribution in [0, 0.1) is 34.5 Å². The lowest BCUT2D eigenvalue weighted by molar-refractivity contribution is -0.128. The number of halogens is 2. The van der Waals surface area contributed by atoms with Gasteiger partial charge in [0.05, 0.1) is 6.10 Å². The molecule has 0 aromatic carbocycles. The Labute approximate surface area is 161 Å². The van der Waals surface area contributed by atoms with Gasteiger partial charge in [-0.3, -0.25) is 4.79 Å². The Bertz CT molecular complexity index is 601. The monoisotopic (exact) mass is 384 g/mol. The molecule has 0 aromatic rings. The summed E-state index contributed by atoms with van der Waals surface area (Å²) < 4.78 is 0. The average Bonchev–Trinajstić information content (AvgIpc) is 2.92. The molecule has 4 aliphatic carbocycles. The van der Waals surface area contributed by atoms with E-state index in [-0.39, 0.29) is 28.6 Å². The molecule has 4 heteroatoms. The molecule has 2 nitrogen and oxygen atoms in total. The molecule has 25 heavy (non-hydrogen) atoms. The van der Waals surface area contributed by atoms with E-state index in [4.69, 9.17) is 23.2 Å². The molecule has 0 bridgehead atoms. The highest BCUT2D eigenvalue weighted by Gasteiger charge is 2.60. The molecule has 0 spiro atoms. The second kappa shape index (κ2) is 6.24. The first-order valence-corrected chi connectivity index (χ1v) is 10.8. The minimum absolute atomic E-state index is 0.0322. The first kappa shape index (κ1) is 18.3. The number of fused-ring (bicyclic) bond motifs is 5. The van der Waals surface area contributed by atoms with Gasteiger partial charge >= 0.3 is 0 Å². The van der Waals surface area contributed by atoms with Crippen molar-refractivity contribution in [2.24, 2.45) is 34.5 Å². The van der Waals surface area contributed by atoms with Gasteiger partial charge in [0.2, 0.25) is 0 Å². The smallest absolute Gasteiger partial charge is 0.169 e. The minimum atomic E-state index is -0.881. The third-order valence-corrected chi connectivity index (χ3v) is 9.07. The fourth-order valence-corrected chi connectivity index (χ4v) is 7.57. The van der Waals surface area contributed by atoms with Gasteiger partial charge in [0, 0.05) is 5.92 Å². The molecular formula is C21H30Cl2O2. The summed E-state index contributed by atoms with van der Waals surface area (Å²) in [6, 6.07) is 0. The van der Waals surface area contributed by atoms with Crippen LogP contribution in [0.1, 0.15) is 65.2 Å². The van der Waals surface area contributed by atoms with Crippen molar-refractivity contribution in [3.05, 3.63) is 11.6 Å². The summed E-state index contributed by atoms with van der Waals surface area (Å²) >= 11 is 11.9. The summed E-state index contributed by atoms with van der Waals surface area (Å²) in [5.41, 5.74) is 1.83. The van der Waals surface area contributed by atoms with Crippen molar-refractivity contribution in [3.8, 4) is 0 Å². The molecule has 140 valence electrons. The lowest BCUT2D eigenvalue weighted by Gasteiger charge is -2.58. The first-order chi connectivity index (χ1) is 11.8. The van der Waals surface area contributed by atoms with Crippen LogP contribution in [-0.2, 0) is 4.79 Å². The van der Waals surface area contributed by atoms with E-state index in [0.717, 1.165) is 44.9 Å². The SMILES string of the molecule is C[C@]12CC[C@H]3[C@@H](CC=C4CC(O)CC[C@@]43C)[C@@H]1CC[C@@H]2C(=O)C(Cl)Cl. The third-order valence-electron chi connectivity index (χ3n) is 8.64. The zero-order chi connectivity index (χ0) is 18.0. The summed E-state index contributed by atoms with van der Waals surface area (Å²) in [4.78, 5) is 11.7. The van der Waals surface area contributed by atoms with Crippen molar-refractivity contribution < 1.29 is 9.90 Å². The van der Waals surface area contributed by atoms with Crippen molar-refractivity contribution in [1.82, 2.24) is 0 Å². The number of Topliss-reactive ketones (excluding diaryl/α,β-unsaturated/α-hetero) is 1. The van der Waals surface area contributed by atoms with Crippen LogP contribution >= 0.6 is 23.2 Å². The van der Waals surface area contributed by atoms with E-state index < -0.39 is 4.84 Å². The van der Waals surface area contributed by atoms with Gasteiger partial charge in [-0.25, -0.2) is 0 Å². The summed E-state index contributed by atoms with van der Waals surface area (Å²) in [5.74, 6) is 2.06. The van der Waals surface area contributed by atoms with Gasteiger partial charge in [0.25, 0.3) is 0 Å². The van der Waals surface area contributed by atoms with E-state index in [2.05, 4.69) is 19.9 Å². The van der Waals surface area contributed by atoms with E-state index in [1.807, 2.05) is 0 Å². The van der Waals surface area contributed by atoms with Crippen molar-refractivity contribution in [1.29, 1.82) is 0 Å². The lowest BCUT2D eigenvalue weighted by atomic mass is 9.47. The van der Waals surface area contributed by atoms with E-state index >= 15 is 0 Å². The van der Waals surface area contributed by atoms with E-state index in [9.17, 15) is 9.90 Å². The minimum Gasteiger partial charge on any atom is -0.393 e. The van der Waals surface area contributed by atoms with Gasteiger partial charge in [-0.2, -0.15) is 0 Å². The standard InChI is InChI=1S/C21H30Cl2O2/c1-20-9-7-13(24)11-12(20)3-4-14-15-5-6-17(18(25)19(22)23)21(15,2)10-8-16(14)20/h3,13-17,19,24H,4-11H2,1-2H3/t13?,14-,15-,16-,17+,20-,21-/m0/s1. The molecular weight excluding hydrogens is 355 g/mol. The fraction of sp³-hybridized carbons (Fsp3) is 0.857. The Morgan fingerprint density at radius 2 is 1.92 bits per heavy atom. The van der Waals surface area contributed by atoms with Crippen LogP contribution < -0.4 is 0 Å². The molecule has 0 heterocycles. The highest BCUT2D eigenvalue weighted by Crippen LogP contribution is 2.66. The molecule has 0 aromatic heterocycles. The van der Waals surface area contributed by atoms with Crippen LogP contribution in [-0.4, -0.2) is 21.8 Å². The quantitative estimate of drug-likeness (QED) is 0.517. The molecule has 1 unspecified atom stereocenters. The summed E-state index contributed by atoms with van der Waals surface area (Å²) in [5, 5.41) is 10.1. The van der Waals surface area contributed by atoms with Gasteiger partial charge in [-0.05, 0) is 80.0 Å². The Morgan fingerprint density at radius 1 is 1.16 bits per heavy atom. The predicted molar refractivity (Wildman–Crippen MR) is 102 cm³/mol. The first-order valence-electron chi connectivity index (χ1n) is 9.97. The Morgan fingerprint density at radius 3 is 2.64 bits per heavy atom. The number of carbonyl (C=O) groups is 1. The maximum Gasteiger partial charge on any atom is 0.169 e. The molecule has 4 rings (SSSR count). The molecule has 0 amide bonds. The summed E-state index contributed by atoms with van der Waals surface area (Å²) in [6.07, 6.45) is 10.7. The van der Waals surface area contributed by atoms with Crippen LogP contribution in [0.4, 0.5) is 0 Å². The molecule has 0 saturated heterocycles. The summed E-state index contributed by atoms with van der Waals surface area (Å²) in [7, 11) is 0.